The van der Waals surface area contributed by atoms with Gasteiger partial charge in [0.1, 0.15) is 11.8 Å². The van der Waals surface area contributed by atoms with Crippen LogP contribution in [0.3, 0.4) is 0 Å². The molecule has 0 aromatic carbocycles. The molecule has 3 rings (SSSR count). The van der Waals surface area contributed by atoms with E-state index in [1.165, 1.54) is 0 Å². The number of aromatic amines is 1. The van der Waals surface area contributed by atoms with Crippen molar-refractivity contribution in [3.8, 4) is 0 Å². The largest absolute Gasteiger partial charge is 0.355 e. The number of hydrogen-bond donors (Lipinski definition) is 1. The molecule has 0 radical (unpaired) electrons. The van der Waals surface area contributed by atoms with Crippen molar-refractivity contribution in [2.24, 2.45) is 5.92 Å². The third-order valence-corrected chi connectivity index (χ3v) is 4.05. The Kier molecular flexibility index (Phi) is 3.07. The lowest BCUT2D eigenvalue weighted by Gasteiger charge is -2.33. The van der Waals surface area contributed by atoms with Crippen LogP contribution in [0.4, 0.5) is 5.82 Å². The highest BCUT2D eigenvalue weighted by atomic mass is 35.5. The van der Waals surface area contributed by atoms with Crippen LogP contribution in [0.2, 0.25) is 0 Å². The number of piperidine rings is 1. The van der Waals surface area contributed by atoms with Gasteiger partial charge in [-0.2, -0.15) is 0 Å². The van der Waals surface area contributed by atoms with Crippen LogP contribution < -0.4 is 4.90 Å². The summed E-state index contributed by atoms with van der Waals surface area (Å²) in [6.45, 7) is 4.07. The lowest BCUT2D eigenvalue weighted by Crippen LogP contribution is -2.36. The van der Waals surface area contributed by atoms with Crippen molar-refractivity contribution in [1.82, 2.24) is 19.9 Å². The highest BCUT2D eigenvalue weighted by Crippen LogP contribution is 2.28. The van der Waals surface area contributed by atoms with Crippen LogP contribution in [0.25, 0.3) is 11.2 Å². The second-order valence-electron chi connectivity index (χ2n) is 4.80. The van der Waals surface area contributed by atoms with Crippen molar-refractivity contribution in [2.75, 3.05) is 18.0 Å². The first-order valence-corrected chi connectivity index (χ1v) is 6.72. The Balaban J connectivity index is 1.82. The molecule has 3 heterocycles. The normalized spacial score (nSPS) is 19.3. The SMILES string of the molecule is CC(Cl)C1CCN(c2ncnc3nc[nH]c23)CC1. The Labute approximate surface area is 111 Å². The third-order valence-electron chi connectivity index (χ3n) is 3.69. The van der Waals surface area contributed by atoms with E-state index >= 15 is 0 Å². The maximum atomic E-state index is 6.17. The number of imidazole rings is 1. The summed E-state index contributed by atoms with van der Waals surface area (Å²) in [5.41, 5.74) is 1.66. The maximum Gasteiger partial charge on any atom is 0.182 e. The molecule has 5 nitrogen and oxygen atoms in total. The molecule has 1 aliphatic heterocycles. The highest BCUT2D eigenvalue weighted by molar-refractivity contribution is 6.20. The maximum absolute atomic E-state index is 6.17. The van der Waals surface area contributed by atoms with Gasteiger partial charge in [-0.25, -0.2) is 15.0 Å². The van der Waals surface area contributed by atoms with Gasteiger partial charge in [-0.1, -0.05) is 0 Å². The number of nitrogens with zero attached hydrogens (tertiary/aromatic N) is 4. The minimum atomic E-state index is 0.254. The van der Waals surface area contributed by atoms with E-state index in [-0.39, 0.29) is 5.38 Å². The van der Waals surface area contributed by atoms with Crippen molar-refractivity contribution >= 4 is 28.6 Å². The van der Waals surface area contributed by atoms with Gasteiger partial charge in [0.25, 0.3) is 0 Å². The smallest absolute Gasteiger partial charge is 0.182 e. The number of hydrogen-bond acceptors (Lipinski definition) is 4. The fourth-order valence-electron chi connectivity index (χ4n) is 2.56. The zero-order chi connectivity index (χ0) is 12.5. The molecule has 1 fully saturated rings. The van der Waals surface area contributed by atoms with Crippen LogP contribution in [0.1, 0.15) is 19.8 Å². The summed E-state index contributed by atoms with van der Waals surface area (Å²) >= 11 is 6.17. The lowest BCUT2D eigenvalue weighted by atomic mass is 9.94. The number of alkyl halides is 1. The van der Waals surface area contributed by atoms with Gasteiger partial charge in [-0.15, -0.1) is 11.6 Å². The molecule has 1 unspecified atom stereocenters. The number of aromatic nitrogens is 4. The summed E-state index contributed by atoms with van der Waals surface area (Å²) in [4.78, 5) is 18.1. The number of rotatable bonds is 2. The minimum Gasteiger partial charge on any atom is -0.355 e. The van der Waals surface area contributed by atoms with E-state index in [2.05, 4.69) is 31.8 Å². The molecule has 0 aliphatic carbocycles. The summed E-state index contributed by atoms with van der Waals surface area (Å²) in [6.07, 6.45) is 5.47. The standard InChI is InChI=1S/C12H16ClN5/c1-8(13)9-2-4-18(5-3-9)12-10-11(15-6-14-10)16-7-17-12/h6-9H,2-5H2,1H3,(H,14,15,16,17). The number of halogens is 1. The monoisotopic (exact) mass is 265 g/mol. The van der Waals surface area contributed by atoms with Gasteiger partial charge in [0, 0.05) is 18.5 Å². The van der Waals surface area contributed by atoms with Crippen LogP contribution in [0, 0.1) is 5.92 Å². The summed E-state index contributed by atoms with van der Waals surface area (Å²) in [6, 6.07) is 0. The number of fused-ring (bicyclic) bond motifs is 1. The molecule has 2 aromatic heterocycles. The molecule has 0 saturated carbocycles. The minimum absolute atomic E-state index is 0.254. The van der Waals surface area contributed by atoms with Crippen LogP contribution in [0.5, 0.6) is 0 Å². The Bertz CT molecular complexity index is 530. The van der Waals surface area contributed by atoms with Gasteiger partial charge in [-0.05, 0) is 25.7 Å². The molecule has 1 atom stereocenters. The van der Waals surface area contributed by atoms with Crippen molar-refractivity contribution in [3.63, 3.8) is 0 Å². The van der Waals surface area contributed by atoms with Crippen LogP contribution in [-0.4, -0.2) is 38.4 Å². The van der Waals surface area contributed by atoms with Crippen molar-refractivity contribution in [1.29, 1.82) is 0 Å². The van der Waals surface area contributed by atoms with Crippen LogP contribution >= 0.6 is 11.6 Å². The van der Waals surface area contributed by atoms with E-state index in [9.17, 15) is 0 Å². The van der Waals surface area contributed by atoms with E-state index in [0.717, 1.165) is 42.9 Å². The zero-order valence-corrected chi connectivity index (χ0v) is 11.1. The van der Waals surface area contributed by atoms with Crippen molar-refractivity contribution in [2.45, 2.75) is 25.1 Å². The Hall–Kier alpha value is -1.36. The Morgan fingerprint density at radius 1 is 1.33 bits per heavy atom. The summed E-state index contributed by atoms with van der Waals surface area (Å²) in [5, 5.41) is 0.254. The first kappa shape index (κ1) is 11.7. The second-order valence-corrected chi connectivity index (χ2v) is 5.49. The summed E-state index contributed by atoms with van der Waals surface area (Å²) < 4.78 is 0. The predicted molar refractivity (Wildman–Crippen MR) is 71.9 cm³/mol. The topological polar surface area (TPSA) is 57.7 Å². The summed E-state index contributed by atoms with van der Waals surface area (Å²) in [5.74, 6) is 1.57. The fourth-order valence-corrected chi connectivity index (χ4v) is 2.81. The fraction of sp³-hybridized carbons (Fsp3) is 0.583. The van der Waals surface area contributed by atoms with Crippen molar-refractivity contribution < 1.29 is 0 Å². The highest BCUT2D eigenvalue weighted by Gasteiger charge is 2.24. The predicted octanol–water partition coefficient (Wildman–Crippen LogP) is 2.20. The average molecular weight is 266 g/mol. The van der Waals surface area contributed by atoms with E-state index in [0.29, 0.717) is 5.92 Å². The number of nitrogens with one attached hydrogen (secondary N) is 1. The number of H-pyrrole nitrogens is 1. The molecule has 1 aliphatic rings. The number of anilines is 1. The molecule has 6 heteroatoms. The van der Waals surface area contributed by atoms with Gasteiger partial charge in [-0.3, -0.25) is 0 Å². The molecule has 18 heavy (non-hydrogen) atoms. The van der Waals surface area contributed by atoms with Gasteiger partial charge >= 0.3 is 0 Å². The summed E-state index contributed by atoms with van der Waals surface area (Å²) in [7, 11) is 0. The molecular formula is C12H16ClN5. The molecule has 0 amide bonds. The van der Waals surface area contributed by atoms with E-state index in [1.54, 1.807) is 12.7 Å². The Morgan fingerprint density at radius 2 is 2.11 bits per heavy atom. The quantitative estimate of drug-likeness (QED) is 0.846. The first-order valence-electron chi connectivity index (χ1n) is 6.29. The average Bonchev–Trinajstić information content (AvgIpc) is 2.87. The molecule has 96 valence electrons. The first-order chi connectivity index (χ1) is 8.75. The third kappa shape index (κ3) is 2.03. The second kappa shape index (κ2) is 4.72. The molecular weight excluding hydrogens is 250 g/mol. The van der Waals surface area contributed by atoms with E-state index in [1.807, 2.05) is 0 Å². The van der Waals surface area contributed by atoms with Gasteiger partial charge in [0.05, 0.1) is 6.33 Å². The van der Waals surface area contributed by atoms with Crippen LogP contribution in [0.15, 0.2) is 12.7 Å². The van der Waals surface area contributed by atoms with Crippen LogP contribution in [-0.2, 0) is 0 Å². The molecule has 2 aromatic rings. The molecule has 1 saturated heterocycles. The van der Waals surface area contributed by atoms with Gasteiger partial charge in [0.2, 0.25) is 0 Å². The van der Waals surface area contributed by atoms with Gasteiger partial charge in [0.15, 0.2) is 11.5 Å². The zero-order valence-electron chi connectivity index (χ0n) is 10.3. The van der Waals surface area contributed by atoms with Crippen molar-refractivity contribution in [3.05, 3.63) is 12.7 Å². The van der Waals surface area contributed by atoms with Gasteiger partial charge < -0.3 is 9.88 Å². The molecule has 1 N–H and O–H groups in total. The molecule has 0 spiro atoms. The van der Waals surface area contributed by atoms with E-state index in [4.69, 9.17) is 11.6 Å². The van der Waals surface area contributed by atoms with E-state index < -0.39 is 0 Å². The lowest BCUT2D eigenvalue weighted by molar-refractivity contribution is 0.399. The molecule has 0 bridgehead atoms. The Morgan fingerprint density at radius 3 is 2.83 bits per heavy atom.